The zero-order chi connectivity index (χ0) is 9.19. The molecule has 6 heteroatoms. The van der Waals surface area contributed by atoms with E-state index in [4.69, 9.17) is 9.79 Å². The minimum atomic E-state index is -4.43. The highest BCUT2D eigenvalue weighted by molar-refractivity contribution is 7.80. The van der Waals surface area contributed by atoms with E-state index >= 15 is 0 Å². The summed E-state index contributed by atoms with van der Waals surface area (Å²) in [5.41, 5.74) is 0. The summed E-state index contributed by atoms with van der Waals surface area (Å²) in [5, 5.41) is 0. The second kappa shape index (κ2) is 3.49. The molecule has 0 heterocycles. The molecule has 0 saturated carbocycles. The van der Waals surface area contributed by atoms with Gasteiger partial charge in [-0.15, -0.1) is 12.6 Å². The van der Waals surface area contributed by atoms with E-state index in [-0.39, 0.29) is 5.75 Å². The maximum absolute atomic E-state index is 10.3. The highest BCUT2D eigenvalue weighted by Crippen LogP contribution is 2.37. The van der Waals surface area contributed by atoms with Gasteiger partial charge < -0.3 is 4.52 Å². The molecule has 0 aliphatic heterocycles. The van der Waals surface area contributed by atoms with Gasteiger partial charge in [0.05, 0.1) is 0 Å². The fourth-order valence-corrected chi connectivity index (χ4v) is 1.19. The minimum Gasteiger partial charge on any atom is -0.404 e. The monoisotopic (exact) mass is 206 g/mol. The zero-order valence-corrected chi connectivity index (χ0v) is 7.70. The normalized spacial score (nSPS) is 11.2. The Hall–Kier alpha value is -0.480. The summed E-state index contributed by atoms with van der Waals surface area (Å²) < 4.78 is 14.6. The predicted molar refractivity (Wildman–Crippen MR) is 46.4 cm³/mol. The first-order valence-corrected chi connectivity index (χ1v) is 4.99. The highest BCUT2D eigenvalue weighted by atomic mass is 32.1. The lowest BCUT2D eigenvalue weighted by Gasteiger charge is -2.05. The second-order valence-corrected chi connectivity index (χ2v) is 3.76. The topological polar surface area (TPSA) is 66.8 Å². The van der Waals surface area contributed by atoms with E-state index in [1.807, 2.05) is 0 Å². The molecule has 4 nitrogen and oxygen atoms in total. The number of phosphoric ester groups is 1. The van der Waals surface area contributed by atoms with E-state index in [1.54, 1.807) is 12.1 Å². The number of benzene rings is 1. The van der Waals surface area contributed by atoms with Crippen LogP contribution in [-0.2, 0) is 4.57 Å². The lowest BCUT2D eigenvalue weighted by molar-refractivity contribution is 0.283. The lowest BCUT2D eigenvalue weighted by atomic mass is 10.3. The number of rotatable bonds is 2. The van der Waals surface area contributed by atoms with Crippen molar-refractivity contribution in [3.63, 3.8) is 0 Å². The Morgan fingerprint density at radius 3 is 2.17 bits per heavy atom. The summed E-state index contributed by atoms with van der Waals surface area (Å²) in [6.07, 6.45) is 0. The van der Waals surface area contributed by atoms with Crippen LogP contribution in [0.2, 0.25) is 0 Å². The highest BCUT2D eigenvalue weighted by Gasteiger charge is 2.14. The average Bonchev–Trinajstić information content (AvgIpc) is 1.91. The summed E-state index contributed by atoms with van der Waals surface area (Å²) in [4.78, 5) is 17.5. The first kappa shape index (κ1) is 9.61. The summed E-state index contributed by atoms with van der Waals surface area (Å²) in [6.45, 7) is 0. The van der Waals surface area contributed by atoms with Crippen LogP contribution in [-0.4, -0.2) is 9.79 Å². The molecule has 0 saturated heterocycles. The molecule has 2 N–H and O–H groups in total. The molecule has 0 atom stereocenters. The Morgan fingerprint density at radius 1 is 1.25 bits per heavy atom. The summed E-state index contributed by atoms with van der Waals surface area (Å²) in [5.74, 6) is 0.126. The zero-order valence-electron chi connectivity index (χ0n) is 5.91. The first-order valence-electron chi connectivity index (χ1n) is 3.01. The quantitative estimate of drug-likeness (QED) is 0.506. The molecule has 0 aliphatic carbocycles. The Morgan fingerprint density at radius 2 is 1.75 bits per heavy atom. The van der Waals surface area contributed by atoms with Crippen LogP contribution in [0.25, 0.3) is 0 Å². The van der Waals surface area contributed by atoms with Gasteiger partial charge in [-0.2, -0.15) is 0 Å². The van der Waals surface area contributed by atoms with Gasteiger partial charge in [0, 0.05) is 4.90 Å². The van der Waals surface area contributed by atoms with Gasteiger partial charge in [0.2, 0.25) is 0 Å². The van der Waals surface area contributed by atoms with Crippen LogP contribution in [0.4, 0.5) is 0 Å². The van der Waals surface area contributed by atoms with Crippen molar-refractivity contribution in [2.45, 2.75) is 4.90 Å². The lowest BCUT2D eigenvalue weighted by Crippen LogP contribution is -1.89. The van der Waals surface area contributed by atoms with Crippen LogP contribution in [0.1, 0.15) is 0 Å². The van der Waals surface area contributed by atoms with E-state index in [1.165, 1.54) is 12.1 Å². The van der Waals surface area contributed by atoms with E-state index in [9.17, 15) is 4.57 Å². The fraction of sp³-hybridized carbons (Fsp3) is 0. The molecule has 0 bridgehead atoms. The summed E-state index contributed by atoms with van der Waals surface area (Å²) in [7, 11) is -4.43. The molecule has 0 fully saturated rings. The van der Waals surface area contributed by atoms with Crippen molar-refractivity contribution in [3.8, 4) is 5.75 Å². The average molecular weight is 206 g/mol. The molecular weight excluding hydrogens is 199 g/mol. The van der Waals surface area contributed by atoms with Crippen molar-refractivity contribution in [2.75, 3.05) is 0 Å². The molecule has 0 aromatic heterocycles. The van der Waals surface area contributed by atoms with Crippen molar-refractivity contribution in [2.24, 2.45) is 0 Å². The van der Waals surface area contributed by atoms with Crippen LogP contribution >= 0.6 is 20.5 Å². The Labute approximate surface area is 74.8 Å². The van der Waals surface area contributed by atoms with Gasteiger partial charge in [-0.3, -0.25) is 9.79 Å². The van der Waals surface area contributed by atoms with Gasteiger partial charge in [-0.25, -0.2) is 4.57 Å². The van der Waals surface area contributed by atoms with Crippen molar-refractivity contribution >= 4 is 20.5 Å². The SMILES string of the molecule is O=P(O)(O)Oc1ccc(S)cc1. The molecule has 0 spiro atoms. The van der Waals surface area contributed by atoms with Gasteiger partial charge in [0.25, 0.3) is 0 Å². The Balaban J connectivity index is 2.78. The van der Waals surface area contributed by atoms with Crippen molar-refractivity contribution < 1.29 is 18.9 Å². The van der Waals surface area contributed by atoms with Crippen LogP contribution < -0.4 is 4.52 Å². The minimum absolute atomic E-state index is 0.126. The van der Waals surface area contributed by atoms with Gasteiger partial charge >= 0.3 is 7.82 Å². The fourth-order valence-electron chi connectivity index (χ4n) is 0.644. The summed E-state index contributed by atoms with van der Waals surface area (Å²) in [6, 6.07) is 6.02. The molecule has 0 unspecified atom stereocenters. The number of hydrogen-bond donors (Lipinski definition) is 3. The third kappa shape index (κ3) is 3.28. The smallest absolute Gasteiger partial charge is 0.404 e. The Bertz CT molecular complexity index is 304. The largest absolute Gasteiger partial charge is 0.524 e. The van der Waals surface area contributed by atoms with Crippen LogP contribution in [0.3, 0.4) is 0 Å². The molecule has 1 aromatic rings. The third-order valence-electron chi connectivity index (χ3n) is 1.06. The van der Waals surface area contributed by atoms with E-state index in [0.717, 1.165) is 0 Å². The molecule has 0 amide bonds. The number of phosphoric acid groups is 1. The molecule has 1 rings (SSSR count). The number of thiol groups is 1. The molecule has 0 aliphatic rings. The second-order valence-electron chi connectivity index (χ2n) is 2.08. The van der Waals surface area contributed by atoms with Gasteiger partial charge in [0.1, 0.15) is 5.75 Å². The molecule has 12 heavy (non-hydrogen) atoms. The van der Waals surface area contributed by atoms with Crippen LogP contribution in [0.5, 0.6) is 5.75 Å². The standard InChI is InChI=1S/C6H7O4PS/c7-11(8,9)10-5-1-3-6(12)4-2-5/h1-4,12H,(H2,7,8,9). The molecule has 0 radical (unpaired) electrons. The third-order valence-corrected chi connectivity index (χ3v) is 1.81. The van der Waals surface area contributed by atoms with E-state index < -0.39 is 7.82 Å². The van der Waals surface area contributed by atoms with Gasteiger partial charge in [-0.1, -0.05) is 0 Å². The molecule has 66 valence electrons. The summed E-state index contributed by atoms with van der Waals surface area (Å²) >= 11 is 3.99. The van der Waals surface area contributed by atoms with E-state index in [0.29, 0.717) is 4.90 Å². The number of hydrogen-bond acceptors (Lipinski definition) is 3. The van der Waals surface area contributed by atoms with Crippen LogP contribution in [0, 0.1) is 0 Å². The van der Waals surface area contributed by atoms with Gasteiger partial charge in [0.15, 0.2) is 0 Å². The predicted octanol–water partition coefficient (Wildman–Crippen LogP) is 1.45. The van der Waals surface area contributed by atoms with Gasteiger partial charge in [-0.05, 0) is 24.3 Å². The molecule has 1 aromatic carbocycles. The van der Waals surface area contributed by atoms with Crippen molar-refractivity contribution in [3.05, 3.63) is 24.3 Å². The first-order chi connectivity index (χ1) is 5.47. The van der Waals surface area contributed by atoms with E-state index in [2.05, 4.69) is 17.2 Å². The van der Waals surface area contributed by atoms with Crippen molar-refractivity contribution in [1.82, 2.24) is 0 Å². The Kier molecular flexibility index (Phi) is 2.80. The maximum Gasteiger partial charge on any atom is 0.524 e. The van der Waals surface area contributed by atoms with Crippen molar-refractivity contribution in [1.29, 1.82) is 0 Å². The van der Waals surface area contributed by atoms with Crippen LogP contribution in [0.15, 0.2) is 29.2 Å². The molecular formula is C6H7O4PS. The maximum atomic E-state index is 10.3.